The molecule has 1 atom stereocenters. The third-order valence-corrected chi connectivity index (χ3v) is 5.57. The van der Waals surface area contributed by atoms with E-state index in [1.165, 1.54) is 5.56 Å². The van der Waals surface area contributed by atoms with Gasteiger partial charge in [-0.05, 0) is 49.6 Å². The second-order valence-electron chi connectivity index (χ2n) is 8.93. The van der Waals surface area contributed by atoms with Gasteiger partial charge in [-0.3, -0.25) is 14.5 Å². The molecule has 1 aliphatic rings. The Morgan fingerprint density at radius 3 is 2.37 bits per heavy atom. The number of terminal acetylenes is 1. The maximum absolute atomic E-state index is 10.3. The van der Waals surface area contributed by atoms with Crippen LogP contribution in [0.2, 0.25) is 0 Å². The van der Waals surface area contributed by atoms with Gasteiger partial charge in [0.15, 0.2) is 5.60 Å². The highest BCUT2D eigenvalue weighted by molar-refractivity contribution is 5.88. The maximum atomic E-state index is 10.3. The summed E-state index contributed by atoms with van der Waals surface area (Å²) >= 11 is 0. The van der Waals surface area contributed by atoms with E-state index in [-0.39, 0.29) is 6.61 Å². The van der Waals surface area contributed by atoms with Gasteiger partial charge in [0.1, 0.15) is 23.9 Å². The number of carbonyl (C=O) groups is 3. The summed E-state index contributed by atoms with van der Waals surface area (Å²) < 4.78 is 17.1. The Balaban J connectivity index is 0.000000332. The summed E-state index contributed by atoms with van der Waals surface area (Å²) in [5.74, 6) is 0.209. The molecule has 0 aliphatic carbocycles. The van der Waals surface area contributed by atoms with Gasteiger partial charge in [-0.25, -0.2) is 4.79 Å². The number of carboxylic acids is 3. The summed E-state index contributed by atoms with van der Waals surface area (Å²) in [4.78, 5) is 32.9. The summed E-state index contributed by atoms with van der Waals surface area (Å²) in [6.07, 6.45) is 5.55. The average molecular weight is 532 g/mol. The van der Waals surface area contributed by atoms with Crippen molar-refractivity contribution in [3.8, 4) is 18.1 Å². The molecule has 1 unspecified atom stereocenters. The number of hydrogen-bond acceptors (Lipinski definition) is 8. The van der Waals surface area contributed by atoms with Crippen LogP contribution < -0.4 is 4.74 Å². The molecule has 3 rings (SSSR count). The Kier molecular flexibility index (Phi) is 11.8. The molecule has 206 valence electrons. The Bertz CT molecular complexity index is 1100. The van der Waals surface area contributed by atoms with E-state index < -0.39 is 36.4 Å². The fourth-order valence-electron chi connectivity index (χ4n) is 3.88. The van der Waals surface area contributed by atoms with Crippen LogP contribution in [0.25, 0.3) is 0 Å². The second kappa shape index (κ2) is 14.8. The summed E-state index contributed by atoms with van der Waals surface area (Å²) in [6, 6.07) is 12.1. The van der Waals surface area contributed by atoms with Crippen molar-refractivity contribution in [2.75, 3.05) is 19.8 Å². The molecule has 38 heavy (non-hydrogen) atoms. The van der Waals surface area contributed by atoms with Crippen LogP contribution in [0, 0.1) is 19.3 Å². The molecule has 1 aliphatic heterocycles. The molecular formula is C27H33NO10. The first kappa shape index (κ1) is 30.4. The first-order valence-corrected chi connectivity index (χ1v) is 11.9. The highest BCUT2D eigenvalue weighted by Gasteiger charge is 2.40. The standard InChI is InChI=1S/C21H25NO3.C6H8O7/c1-3-11-23-19-7-4-6-18(13-19)14-22(15-20-8-5-12-24-20)16-21-10-9-17(2)25-21;7-3(8)1-6(13,5(11)12)2-4(9)10/h1,4,6-7,9-10,13,20H,5,8,11-12,14-16H2,2H3;13H,1-2H2,(H,7,8)(H,9,10)(H,11,12). The average Bonchev–Trinajstić information content (AvgIpc) is 3.48. The van der Waals surface area contributed by atoms with Crippen molar-refractivity contribution in [1.82, 2.24) is 4.90 Å². The van der Waals surface area contributed by atoms with Crippen LogP contribution in [0.1, 0.15) is 42.8 Å². The van der Waals surface area contributed by atoms with Crippen molar-refractivity contribution in [2.45, 2.75) is 57.4 Å². The minimum absolute atomic E-state index is 0.286. The number of carboxylic acid groups (broad SMARTS) is 3. The van der Waals surface area contributed by atoms with E-state index in [2.05, 4.69) is 16.9 Å². The molecular weight excluding hydrogens is 498 g/mol. The number of hydrogen-bond donors (Lipinski definition) is 4. The SMILES string of the molecule is C#CCOc1cccc(CN(Cc2ccc(C)o2)CC2CCCO2)c1.O=C(O)CC(O)(CC(=O)O)C(=O)O. The summed E-state index contributed by atoms with van der Waals surface area (Å²) in [5.41, 5.74) is -1.55. The Hall–Kier alpha value is -3.85. The monoisotopic (exact) mass is 531 g/mol. The number of ether oxygens (including phenoxy) is 2. The number of nitrogens with zero attached hydrogens (tertiary/aromatic N) is 1. The van der Waals surface area contributed by atoms with E-state index >= 15 is 0 Å². The minimum atomic E-state index is -2.74. The molecule has 2 aromatic rings. The van der Waals surface area contributed by atoms with Gasteiger partial charge in [0.05, 0.1) is 25.5 Å². The Labute approximate surface area is 220 Å². The number of rotatable bonds is 13. The lowest BCUT2D eigenvalue weighted by molar-refractivity contribution is -0.170. The predicted octanol–water partition coefficient (Wildman–Crippen LogP) is 2.53. The highest BCUT2D eigenvalue weighted by atomic mass is 16.5. The molecule has 1 saturated heterocycles. The number of benzene rings is 1. The smallest absolute Gasteiger partial charge is 0.336 e. The largest absolute Gasteiger partial charge is 0.481 e. The molecule has 0 spiro atoms. The van der Waals surface area contributed by atoms with Gasteiger partial charge < -0.3 is 34.3 Å². The minimum Gasteiger partial charge on any atom is -0.481 e. The first-order chi connectivity index (χ1) is 18.0. The van der Waals surface area contributed by atoms with Crippen LogP contribution in [0.3, 0.4) is 0 Å². The van der Waals surface area contributed by atoms with Crippen LogP contribution in [0.5, 0.6) is 5.75 Å². The summed E-state index contributed by atoms with van der Waals surface area (Å²) in [7, 11) is 0. The van der Waals surface area contributed by atoms with E-state index in [0.717, 1.165) is 56.4 Å². The van der Waals surface area contributed by atoms with Crippen molar-refractivity contribution in [3.05, 3.63) is 53.5 Å². The third kappa shape index (κ3) is 10.6. The maximum Gasteiger partial charge on any atom is 0.336 e. The van der Waals surface area contributed by atoms with Crippen molar-refractivity contribution in [1.29, 1.82) is 0 Å². The molecule has 1 aromatic heterocycles. The van der Waals surface area contributed by atoms with Gasteiger partial charge in [-0.15, -0.1) is 6.42 Å². The van der Waals surface area contributed by atoms with E-state index in [1.807, 2.05) is 37.3 Å². The lowest BCUT2D eigenvalue weighted by atomic mass is 9.96. The number of aliphatic hydroxyl groups is 1. The van der Waals surface area contributed by atoms with Crippen LogP contribution in [0.15, 0.2) is 40.8 Å². The van der Waals surface area contributed by atoms with Crippen LogP contribution in [-0.4, -0.2) is 74.7 Å². The number of aliphatic carboxylic acids is 3. The van der Waals surface area contributed by atoms with Gasteiger partial charge >= 0.3 is 17.9 Å². The lowest BCUT2D eigenvalue weighted by Crippen LogP contribution is -2.42. The fraction of sp³-hybridized carbons (Fsp3) is 0.444. The van der Waals surface area contributed by atoms with Crippen molar-refractivity contribution >= 4 is 17.9 Å². The molecule has 0 radical (unpaired) electrons. The molecule has 0 saturated carbocycles. The normalized spacial score (nSPS) is 14.8. The Morgan fingerprint density at radius 1 is 1.13 bits per heavy atom. The van der Waals surface area contributed by atoms with E-state index in [4.69, 9.17) is 40.7 Å². The molecule has 2 heterocycles. The van der Waals surface area contributed by atoms with E-state index in [9.17, 15) is 14.4 Å². The second-order valence-corrected chi connectivity index (χ2v) is 8.93. The molecule has 1 fully saturated rings. The van der Waals surface area contributed by atoms with Crippen LogP contribution in [0.4, 0.5) is 0 Å². The molecule has 1 aromatic carbocycles. The van der Waals surface area contributed by atoms with Crippen molar-refractivity contribution in [2.24, 2.45) is 0 Å². The van der Waals surface area contributed by atoms with Gasteiger partial charge in [0.25, 0.3) is 0 Å². The number of aryl methyl sites for hydroxylation is 1. The summed E-state index contributed by atoms with van der Waals surface area (Å²) in [5, 5.41) is 33.8. The highest BCUT2D eigenvalue weighted by Crippen LogP contribution is 2.20. The first-order valence-electron chi connectivity index (χ1n) is 11.9. The van der Waals surface area contributed by atoms with E-state index in [1.54, 1.807) is 0 Å². The Morgan fingerprint density at radius 2 is 1.84 bits per heavy atom. The predicted molar refractivity (Wildman–Crippen MR) is 134 cm³/mol. The molecule has 0 amide bonds. The molecule has 11 heteroatoms. The van der Waals surface area contributed by atoms with Crippen molar-refractivity contribution in [3.63, 3.8) is 0 Å². The van der Waals surface area contributed by atoms with Crippen molar-refractivity contribution < 1.29 is 48.7 Å². The molecule has 0 bridgehead atoms. The quantitative estimate of drug-likeness (QED) is 0.280. The van der Waals surface area contributed by atoms with Crippen LogP contribution >= 0.6 is 0 Å². The van der Waals surface area contributed by atoms with E-state index in [0.29, 0.717) is 6.10 Å². The van der Waals surface area contributed by atoms with Gasteiger partial charge in [0, 0.05) is 19.7 Å². The van der Waals surface area contributed by atoms with Gasteiger partial charge in [0.2, 0.25) is 0 Å². The third-order valence-electron chi connectivity index (χ3n) is 5.57. The lowest BCUT2D eigenvalue weighted by Gasteiger charge is -2.24. The zero-order valence-electron chi connectivity index (χ0n) is 21.2. The van der Waals surface area contributed by atoms with Crippen LogP contribution in [-0.2, 0) is 32.2 Å². The molecule has 11 nitrogen and oxygen atoms in total. The molecule has 4 N–H and O–H groups in total. The van der Waals surface area contributed by atoms with Gasteiger partial charge in [-0.2, -0.15) is 0 Å². The zero-order chi connectivity index (χ0) is 28.1. The summed E-state index contributed by atoms with van der Waals surface area (Å²) in [6.45, 7) is 5.61. The van der Waals surface area contributed by atoms with Gasteiger partial charge in [-0.1, -0.05) is 18.1 Å². The number of furan rings is 1. The topological polar surface area (TPSA) is 167 Å². The fourth-order valence-corrected chi connectivity index (χ4v) is 3.88. The zero-order valence-corrected chi connectivity index (χ0v) is 21.2.